The van der Waals surface area contributed by atoms with Crippen molar-refractivity contribution in [3.8, 4) is 5.75 Å². The molecule has 0 spiro atoms. The number of amides is 1. The number of halogens is 2. The first-order valence-corrected chi connectivity index (χ1v) is 10.8. The third-order valence-electron chi connectivity index (χ3n) is 5.18. The summed E-state index contributed by atoms with van der Waals surface area (Å²) in [7, 11) is 1.45. The number of rotatable bonds is 5. The zero-order valence-electron chi connectivity index (χ0n) is 17.3. The van der Waals surface area contributed by atoms with Gasteiger partial charge >= 0.3 is 0 Å². The van der Waals surface area contributed by atoms with Gasteiger partial charge in [0.25, 0.3) is 5.91 Å². The summed E-state index contributed by atoms with van der Waals surface area (Å²) in [6.07, 6.45) is 0. The molecule has 164 valence electrons. The molecule has 2 aromatic carbocycles. The number of benzene rings is 2. The largest absolute Gasteiger partial charge is 0.503 e. The molecule has 1 unspecified atom stereocenters. The van der Waals surface area contributed by atoms with Gasteiger partial charge in [-0.05, 0) is 38.1 Å². The van der Waals surface area contributed by atoms with Crippen LogP contribution in [0.1, 0.15) is 32.0 Å². The lowest BCUT2D eigenvalue weighted by molar-refractivity contribution is -0.117. The van der Waals surface area contributed by atoms with Crippen LogP contribution in [0.2, 0.25) is 5.02 Å². The van der Waals surface area contributed by atoms with E-state index < -0.39 is 29.3 Å². The van der Waals surface area contributed by atoms with Crippen molar-refractivity contribution in [1.82, 2.24) is 4.98 Å². The molecule has 2 heterocycles. The van der Waals surface area contributed by atoms with E-state index >= 15 is 0 Å². The van der Waals surface area contributed by atoms with Crippen molar-refractivity contribution in [3.05, 3.63) is 85.8 Å². The van der Waals surface area contributed by atoms with Crippen LogP contribution in [0.25, 0.3) is 0 Å². The van der Waals surface area contributed by atoms with E-state index in [1.54, 1.807) is 32.0 Å². The number of ether oxygens (including phenoxy) is 1. The van der Waals surface area contributed by atoms with Crippen molar-refractivity contribution >= 4 is 40.3 Å². The summed E-state index contributed by atoms with van der Waals surface area (Å²) in [5.74, 6) is -2.38. The number of hydrogen-bond donors (Lipinski definition) is 1. The molecule has 3 aromatic rings. The predicted octanol–water partition coefficient (Wildman–Crippen LogP) is 5.34. The summed E-state index contributed by atoms with van der Waals surface area (Å²) in [6, 6.07) is 9.20. The molecule has 1 aromatic heterocycles. The van der Waals surface area contributed by atoms with Gasteiger partial charge in [0.1, 0.15) is 11.6 Å². The Morgan fingerprint density at radius 1 is 1.25 bits per heavy atom. The average molecular weight is 473 g/mol. The number of aliphatic hydroxyl groups is 1. The number of thiazole rings is 1. The Kier molecular flexibility index (Phi) is 5.75. The first-order valence-electron chi connectivity index (χ1n) is 9.58. The van der Waals surface area contributed by atoms with Gasteiger partial charge in [0.2, 0.25) is 5.78 Å². The Hall–Kier alpha value is -3.23. The van der Waals surface area contributed by atoms with Crippen LogP contribution in [0, 0.1) is 19.7 Å². The minimum absolute atomic E-state index is 0.0686. The Bertz CT molecular complexity index is 1290. The topological polar surface area (TPSA) is 79.7 Å². The molecular formula is C23H18ClFN2O4S. The van der Waals surface area contributed by atoms with Crippen molar-refractivity contribution in [2.24, 2.45) is 0 Å². The number of aromatic nitrogens is 1. The van der Waals surface area contributed by atoms with Crippen LogP contribution < -0.4 is 9.64 Å². The molecule has 0 radical (unpaired) electrons. The van der Waals surface area contributed by atoms with Gasteiger partial charge < -0.3 is 9.84 Å². The van der Waals surface area contributed by atoms with Crippen LogP contribution >= 0.6 is 22.9 Å². The van der Waals surface area contributed by atoms with E-state index in [1.165, 1.54) is 31.4 Å². The first kappa shape index (κ1) is 22.0. The molecule has 1 aliphatic rings. The fourth-order valence-corrected chi connectivity index (χ4v) is 4.89. The molecule has 0 saturated heterocycles. The molecule has 6 nitrogen and oxygen atoms in total. The van der Waals surface area contributed by atoms with Crippen LogP contribution in [0.5, 0.6) is 5.75 Å². The lowest BCUT2D eigenvalue weighted by atomic mass is 9.94. The fourth-order valence-electron chi connectivity index (χ4n) is 3.76. The number of aliphatic hydroxyl groups excluding tert-OH is 1. The Labute approximate surface area is 192 Å². The van der Waals surface area contributed by atoms with Crippen molar-refractivity contribution < 1.29 is 23.8 Å². The van der Waals surface area contributed by atoms with Gasteiger partial charge in [-0.25, -0.2) is 9.37 Å². The van der Waals surface area contributed by atoms with Crippen molar-refractivity contribution in [1.29, 1.82) is 0 Å². The predicted molar refractivity (Wildman–Crippen MR) is 120 cm³/mol. The van der Waals surface area contributed by atoms with Gasteiger partial charge in [-0.2, -0.15) is 0 Å². The highest BCUT2D eigenvalue weighted by atomic mass is 35.5. The quantitative estimate of drug-likeness (QED) is 0.507. The summed E-state index contributed by atoms with van der Waals surface area (Å²) in [6.45, 7) is 3.42. The molecule has 0 saturated carbocycles. The molecule has 1 amide bonds. The number of carbonyl (C=O) groups excluding carboxylic acids is 2. The smallest absolute Gasteiger partial charge is 0.294 e. The van der Waals surface area contributed by atoms with Crippen LogP contribution in [0.3, 0.4) is 0 Å². The van der Waals surface area contributed by atoms with Gasteiger partial charge in [-0.3, -0.25) is 14.5 Å². The maximum Gasteiger partial charge on any atom is 0.294 e. The zero-order chi connectivity index (χ0) is 23.2. The number of Topliss-reactive ketones (excluding diaryl/α,β-unsaturated/α-hetero) is 1. The Balaban J connectivity index is 1.92. The number of nitrogens with zero attached hydrogens (tertiary/aromatic N) is 2. The number of carbonyl (C=O) groups is 2. The minimum atomic E-state index is -1.19. The highest BCUT2D eigenvalue weighted by Gasteiger charge is 2.46. The molecule has 32 heavy (non-hydrogen) atoms. The monoisotopic (exact) mass is 472 g/mol. The first-order chi connectivity index (χ1) is 15.2. The maximum absolute atomic E-state index is 14.9. The number of methoxy groups -OCH3 is 1. The molecule has 1 atom stereocenters. The normalized spacial score (nSPS) is 16.1. The molecule has 0 fully saturated rings. The highest BCUT2D eigenvalue weighted by Crippen LogP contribution is 2.44. The van der Waals surface area contributed by atoms with E-state index in [0.29, 0.717) is 16.5 Å². The third-order valence-corrected chi connectivity index (χ3v) is 6.54. The molecule has 9 heteroatoms. The average Bonchev–Trinajstić information content (AvgIpc) is 3.23. The summed E-state index contributed by atoms with van der Waals surface area (Å²) in [4.78, 5) is 32.3. The molecule has 1 aliphatic heterocycles. The maximum atomic E-state index is 14.9. The van der Waals surface area contributed by atoms with Crippen LogP contribution in [0.4, 0.5) is 10.1 Å². The minimum Gasteiger partial charge on any atom is -0.503 e. The second-order valence-electron chi connectivity index (χ2n) is 7.16. The van der Waals surface area contributed by atoms with Gasteiger partial charge in [0.05, 0.1) is 39.3 Å². The summed E-state index contributed by atoms with van der Waals surface area (Å²) in [5.41, 5.74) is 0.613. The van der Waals surface area contributed by atoms with E-state index in [1.807, 2.05) is 0 Å². The number of aryl methyl sites for hydroxylation is 2. The van der Waals surface area contributed by atoms with E-state index in [4.69, 9.17) is 16.3 Å². The van der Waals surface area contributed by atoms with Gasteiger partial charge in [-0.1, -0.05) is 29.8 Å². The SMILES string of the molecule is COc1ccc(N2C(=O)C(O)=C(C(=O)c3sc(C)nc3C)C2c2ccccc2F)cc1Cl. The van der Waals surface area contributed by atoms with Crippen molar-refractivity contribution in [3.63, 3.8) is 0 Å². The van der Waals surface area contributed by atoms with Crippen LogP contribution in [0.15, 0.2) is 53.8 Å². The second-order valence-corrected chi connectivity index (χ2v) is 8.77. The molecule has 0 bridgehead atoms. The highest BCUT2D eigenvalue weighted by molar-refractivity contribution is 7.14. The number of anilines is 1. The van der Waals surface area contributed by atoms with Gasteiger partial charge in [0, 0.05) is 11.3 Å². The summed E-state index contributed by atoms with van der Waals surface area (Å²) in [5, 5.41) is 11.7. The van der Waals surface area contributed by atoms with E-state index in [2.05, 4.69) is 4.98 Å². The molecule has 1 N–H and O–H groups in total. The lowest BCUT2D eigenvalue weighted by Gasteiger charge is -2.27. The molecular weight excluding hydrogens is 455 g/mol. The lowest BCUT2D eigenvalue weighted by Crippen LogP contribution is -2.31. The van der Waals surface area contributed by atoms with E-state index in [9.17, 15) is 19.1 Å². The zero-order valence-corrected chi connectivity index (χ0v) is 18.9. The Morgan fingerprint density at radius 3 is 2.56 bits per heavy atom. The van der Waals surface area contributed by atoms with Crippen LogP contribution in [-0.2, 0) is 4.79 Å². The third kappa shape index (κ3) is 3.55. The summed E-state index contributed by atoms with van der Waals surface area (Å²) >= 11 is 7.40. The second kappa shape index (κ2) is 8.37. The Morgan fingerprint density at radius 2 is 1.97 bits per heavy atom. The molecule has 4 rings (SSSR count). The van der Waals surface area contributed by atoms with E-state index in [0.717, 1.165) is 16.2 Å². The van der Waals surface area contributed by atoms with E-state index in [-0.39, 0.29) is 26.7 Å². The fraction of sp³-hybridized carbons (Fsp3) is 0.174. The van der Waals surface area contributed by atoms with Crippen molar-refractivity contribution in [2.75, 3.05) is 12.0 Å². The van der Waals surface area contributed by atoms with Crippen molar-refractivity contribution in [2.45, 2.75) is 19.9 Å². The molecule has 0 aliphatic carbocycles. The number of hydrogen-bond acceptors (Lipinski definition) is 6. The summed E-state index contributed by atoms with van der Waals surface area (Å²) < 4.78 is 20.1. The van der Waals surface area contributed by atoms with Gasteiger partial charge in [0.15, 0.2) is 5.76 Å². The van der Waals surface area contributed by atoms with Crippen LogP contribution in [-0.4, -0.2) is 28.9 Å². The van der Waals surface area contributed by atoms with Gasteiger partial charge in [-0.15, -0.1) is 11.3 Å². The number of ketones is 1. The standard InChI is InChI=1S/C23H18ClFN2O4S/c1-11-22(32-12(2)26-11)20(28)18-19(14-6-4-5-7-16(14)25)27(23(30)21(18)29)13-8-9-17(31-3)15(24)10-13/h4-10,19,29H,1-3H3.